The molecule has 0 saturated heterocycles. The molecule has 0 spiro atoms. The quantitative estimate of drug-likeness (QED) is 0.411. The largest absolute Gasteiger partial charge is 0.469 e. The van der Waals surface area contributed by atoms with E-state index >= 15 is 0 Å². The summed E-state index contributed by atoms with van der Waals surface area (Å²) in [5.74, 6) is 5.01. The average Bonchev–Trinajstić information content (AvgIpc) is 3.17. The third-order valence-corrected chi connectivity index (χ3v) is 10.3. The molecule has 0 aliphatic heterocycles. The van der Waals surface area contributed by atoms with Gasteiger partial charge in [-0.1, -0.05) is 48.5 Å². The van der Waals surface area contributed by atoms with Crippen molar-refractivity contribution in [1.29, 1.82) is 0 Å². The molecule has 186 valence electrons. The highest BCUT2D eigenvalue weighted by atomic mass is 16.5. The van der Waals surface area contributed by atoms with E-state index in [0.717, 1.165) is 49.4 Å². The lowest BCUT2D eigenvalue weighted by Gasteiger charge is -2.60. The van der Waals surface area contributed by atoms with Gasteiger partial charge in [0.05, 0.1) is 7.11 Å². The van der Waals surface area contributed by atoms with Crippen LogP contribution in [0.1, 0.15) is 119 Å². The lowest BCUT2D eigenvalue weighted by molar-refractivity contribution is -0.141. The predicted molar refractivity (Wildman–Crippen MR) is 133 cm³/mol. The molecule has 0 N–H and O–H groups in total. The molecule has 0 radical (unpaired) electrons. The third kappa shape index (κ3) is 4.97. The van der Waals surface area contributed by atoms with E-state index < -0.39 is 0 Å². The van der Waals surface area contributed by atoms with Crippen LogP contribution < -0.4 is 0 Å². The Morgan fingerprint density at radius 3 is 2.28 bits per heavy atom. The summed E-state index contributed by atoms with van der Waals surface area (Å²) in [4.78, 5) is 23.7. The van der Waals surface area contributed by atoms with Gasteiger partial charge < -0.3 is 4.74 Å². The molecule has 3 heteroatoms. The summed E-state index contributed by atoms with van der Waals surface area (Å²) in [7, 11) is 1.50. The molecule has 32 heavy (non-hydrogen) atoms. The molecular weight excluding hydrogens is 396 g/mol. The smallest absolute Gasteiger partial charge is 0.305 e. The van der Waals surface area contributed by atoms with Gasteiger partial charge in [0.1, 0.15) is 5.78 Å². The van der Waals surface area contributed by atoms with Crippen LogP contribution in [0.4, 0.5) is 0 Å². The van der Waals surface area contributed by atoms with Crippen molar-refractivity contribution in [3.8, 4) is 0 Å². The Morgan fingerprint density at radius 2 is 1.62 bits per heavy atom. The van der Waals surface area contributed by atoms with E-state index in [0.29, 0.717) is 34.9 Å². The first-order valence-electron chi connectivity index (χ1n) is 13.9. The van der Waals surface area contributed by atoms with Gasteiger partial charge in [0.15, 0.2) is 0 Å². The van der Waals surface area contributed by atoms with E-state index in [4.69, 9.17) is 4.74 Å². The number of Topliss-reactive ketones (excluding diaryl/α,β-unsaturated/α-hetero) is 1. The Hall–Kier alpha value is -0.860. The molecule has 4 fully saturated rings. The summed E-state index contributed by atoms with van der Waals surface area (Å²) in [5.41, 5.74) is 0.858. The van der Waals surface area contributed by atoms with Gasteiger partial charge in [-0.3, -0.25) is 9.59 Å². The summed E-state index contributed by atoms with van der Waals surface area (Å²) >= 11 is 0. The number of ether oxygens (including phenoxy) is 1. The van der Waals surface area contributed by atoms with Crippen molar-refractivity contribution in [3.05, 3.63) is 0 Å². The predicted octanol–water partition coefficient (Wildman–Crippen LogP) is 7.86. The minimum absolute atomic E-state index is 0.0617. The molecule has 4 aliphatic rings. The second kappa shape index (κ2) is 11.5. The summed E-state index contributed by atoms with van der Waals surface area (Å²) < 4.78 is 4.87. The molecular formula is C29H52O3. The number of hydrogen-bond acceptors (Lipinski definition) is 3. The second-order valence-corrected chi connectivity index (χ2v) is 11.2. The summed E-state index contributed by atoms with van der Waals surface area (Å²) in [6.45, 7) is 15.5. The molecule has 0 aromatic rings. The minimum Gasteiger partial charge on any atom is -0.469 e. The fourth-order valence-corrected chi connectivity index (χ4v) is 8.67. The standard InChI is InChI=1S/C25H40O3.2C2H6/c1-16(5-10-23(27)28-4)20-8-9-21-19-7-6-17-15-18(26)11-13-24(17,2)22(19)12-14-25(20,21)3;2*1-2/h16-17,19-22H,5-15H2,1-4H3;2*1-2H3/t16-,17?,19?,20?,21?,22?,24?,25?;;/m1../s1. The number of hydrogen-bond donors (Lipinski definition) is 0. The first-order valence-corrected chi connectivity index (χ1v) is 13.9. The van der Waals surface area contributed by atoms with Gasteiger partial charge in [0.25, 0.3) is 0 Å². The van der Waals surface area contributed by atoms with Crippen LogP contribution in [0.25, 0.3) is 0 Å². The molecule has 4 rings (SSSR count). The Balaban J connectivity index is 0.000000860. The lowest BCUT2D eigenvalue weighted by Crippen LogP contribution is -2.53. The van der Waals surface area contributed by atoms with Crippen molar-refractivity contribution in [2.24, 2.45) is 46.3 Å². The van der Waals surface area contributed by atoms with E-state index in [2.05, 4.69) is 20.8 Å². The van der Waals surface area contributed by atoms with Crippen LogP contribution in [0, 0.1) is 46.3 Å². The van der Waals surface area contributed by atoms with Gasteiger partial charge in [-0.05, 0) is 97.7 Å². The van der Waals surface area contributed by atoms with Crippen molar-refractivity contribution >= 4 is 11.8 Å². The zero-order valence-electron chi connectivity index (χ0n) is 22.5. The van der Waals surface area contributed by atoms with E-state index in [9.17, 15) is 9.59 Å². The topological polar surface area (TPSA) is 43.4 Å². The van der Waals surface area contributed by atoms with Crippen LogP contribution in [0.3, 0.4) is 0 Å². The SMILES string of the molecule is CC.CC.COC(=O)CC[C@@H](C)C1CCC2C3CCC4CC(=O)CCC4(C)C3CCC21C. The van der Waals surface area contributed by atoms with Crippen LogP contribution >= 0.6 is 0 Å². The molecule has 7 unspecified atom stereocenters. The fraction of sp³-hybridized carbons (Fsp3) is 0.931. The molecule has 0 aromatic carbocycles. The van der Waals surface area contributed by atoms with E-state index in [1.165, 1.54) is 45.6 Å². The molecule has 0 heterocycles. The summed E-state index contributed by atoms with van der Waals surface area (Å²) in [6.07, 6.45) is 12.4. The Kier molecular flexibility index (Phi) is 9.86. The van der Waals surface area contributed by atoms with Gasteiger partial charge in [0, 0.05) is 19.3 Å². The molecule has 0 aromatic heterocycles. The van der Waals surface area contributed by atoms with Crippen LogP contribution in [0.2, 0.25) is 0 Å². The monoisotopic (exact) mass is 448 g/mol. The van der Waals surface area contributed by atoms with Crippen LogP contribution in [-0.2, 0) is 14.3 Å². The maximum absolute atomic E-state index is 12.1. The summed E-state index contributed by atoms with van der Waals surface area (Å²) in [5, 5.41) is 0. The highest BCUT2D eigenvalue weighted by Gasteiger charge is 2.60. The van der Waals surface area contributed by atoms with Crippen LogP contribution in [-0.4, -0.2) is 18.9 Å². The third-order valence-electron chi connectivity index (χ3n) is 10.3. The molecule has 4 aliphatic carbocycles. The Labute approximate surface area is 198 Å². The highest BCUT2D eigenvalue weighted by Crippen LogP contribution is 2.68. The van der Waals surface area contributed by atoms with Crippen molar-refractivity contribution < 1.29 is 14.3 Å². The maximum Gasteiger partial charge on any atom is 0.305 e. The molecule has 4 saturated carbocycles. The van der Waals surface area contributed by atoms with Crippen molar-refractivity contribution in [1.82, 2.24) is 0 Å². The number of carbonyl (C=O) groups excluding carboxylic acids is 2. The second-order valence-electron chi connectivity index (χ2n) is 11.2. The lowest BCUT2D eigenvalue weighted by atomic mass is 9.44. The van der Waals surface area contributed by atoms with Gasteiger partial charge in [0.2, 0.25) is 0 Å². The zero-order chi connectivity index (χ0) is 24.1. The van der Waals surface area contributed by atoms with Gasteiger partial charge in [-0.2, -0.15) is 0 Å². The normalized spacial score (nSPS) is 40.9. The zero-order valence-corrected chi connectivity index (χ0v) is 22.5. The minimum atomic E-state index is -0.0617. The molecule has 3 nitrogen and oxygen atoms in total. The van der Waals surface area contributed by atoms with E-state index in [1.807, 2.05) is 27.7 Å². The Morgan fingerprint density at radius 1 is 0.969 bits per heavy atom. The molecule has 0 bridgehead atoms. The van der Waals surface area contributed by atoms with Gasteiger partial charge >= 0.3 is 5.97 Å². The van der Waals surface area contributed by atoms with E-state index in [1.54, 1.807) is 0 Å². The molecule has 0 amide bonds. The number of fused-ring (bicyclic) bond motifs is 5. The average molecular weight is 449 g/mol. The molecule has 8 atom stereocenters. The van der Waals surface area contributed by atoms with Crippen molar-refractivity contribution in [2.75, 3.05) is 7.11 Å². The van der Waals surface area contributed by atoms with Crippen molar-refractivity contribution in [3.63, 3.8) is 0 Å². The highest BCUT2D eigenvalue weighted by molar-refractivity contribution is 5.79. The van der Waals surface area contributed by atoms with Crippen LogP contribution in [0.5, 0.6) is 0 Å². The first kappa shape index (κ1) is 27.4. The van der Waals surface area contributed by atoms with Crippen molar-refractivity contribution in [2.45, 2.75) is 119 Å². The Bertz CT molecular complexity index is 628. The number of carbonyl (C=O) groups is 2. The van der Waals surface area contributed by atoms with Gasteiger partial charge in [-0.25, -0.2) is 0 Å². The first-order chi connectivity index (χ1) is 15.3. The fourth-order valence-electron chi connectivity index (χ4n) is 8.67. The maximum atomic E-state index is 12.1. The number of esters is 1. The van der Waals surface area contributed by atoms with E-state index in [-0.39, 0.29) is 5.97 Å². The number of ketones is 1. The summed E-state index contributed by atoms with van der Waals surface area (Å²) in [6, 6.07) is 0. The van der Waals surface area contributed by atoms with Gasteiger partial charge in [-0.15, -0.1) is 0 Å². The number of methoxy groups -OCH3 is 1. The number of rotatable bonds is 4. The van der Waals surface area contributed by atoms with Crippen LogP contribution in [0.15, 0.2) is 0 Å².